The van der Waals surface area contributed by atoms with Gasteiger partial charge in [0.1, 0.15) is 0 Å². The molecule has 4 heteroatoms. The Morgan fingerprint density at radius 3 is 2.65 bits per heavy atom. The van der Waals surface area contributed by atoms with Crippen LogP contribution in [0.3, 0.4) is 0 Å². The lowest BCUT2D eigenvalue weighted by molar-refractivity contribution is 0.173. The van der Waals surface area contributed by atoms with E-state index in [1.165, 1.54) is 0 Å². The first-order chi connectivity index (χ1) is 9.70. The molecule has 20 heavy (non-hydrogen) atoms. The number of hydrogen-bond donors (Lipinski definition) is 1. The number of thiazole rings is 1. The van der Waals surface area contributed by atoms with Crippen LogP contribution in [-0.2, 0) is 12.8 Å². The minimum Gasteiger partial charge on any atom is -0.392 e. The van der Waals surface area contributed by atoms with Gasteiger partial charge in [-0.2, -0.15) is 0 Å². The van der Waals surface area contributed by atoms with Crippen LogP contribution < -0.4 is 0 Å². The number of hydrogen-bond acceptors (Lipinski definition) is 4. The third kappa shape index (κ3) is 3.03. The smallest absolute Gasteiger partial charge is 0.0897 e. The normalized spacial score (nSPS) is 12.7. The lowest BCUT2D eigenvalue weighted by atomic mass is 10.1. The molecule has 1 atom stereocenters. The molecule has 1 unspecified atom stereocenters. The Bertz CT molecular complexity index is 723. The topological polar surface area (TPSA) is 46.0 Å². The number of para-hydroxylation sites is 1. The molecule has 0 aliphatic heterocycles. The van der Waals surface area contributed by atoms with Crippen LogP contribution in [0.5, 0.6) is 0 Å². The minimum atomic E-state index is -0.440. The number of aliphatic hydroxyl groups excluding tert-OH is 1. The van der Waals surface area contributed by atoms with E-state index in [0.717, 1.165) is 27.3 Å². The van der Waals surface area contributed by atoms with Crippen molar-refractivity contribution in [3.8, 4) is 0 Å². The molecule has 1 N–H and O–H groups in total. The quantitative estimate of drug-likeness (QED) is 0.800. The Kier molecular flexibility index (Phi) is 3.76. The molecular weight excluding hydrogens is 268 g/mol. The van der Waals surface area contributed by atoms with Crippen LogP contribution in [0, 0.1) is 6.92 Å². The van der Waals surface area contributed by atoms with Crippen molar-refractivity contribution in [2.45, 2.75) is 25.9 Å². The van der Waals surface area contributed by atoms with Gasteiger partial charge in [-0.05, 0) is 19.1 Å². The third-order valence-corrected chi connectivity index (χ3v) is 4.03. The van der Waals surface area contributed by atoms with E-state index in [4.69, 9.17) is 0 Å². The molecule has 3 rings (SSSR count). The maximum absolute atomic E-state index is 10.2. The Morgan fingerprint density at radius 2 is 1.85 bits per heavy atom. The minimum absolute atomic E-state index is 0.440. The van der Waals surface area contributed by atoms with Crippen molar-refractivity contribution in [3.05, 3.63) is 58.2 Å². The molecule has 0 bridgehead atoms. The van der Waals surface area contributed by atoms with Crippen molar-refractivity contribution in [3.63, 3.8) is 0 Å². The highest BCUT2D eigenvalue weighted by molar-refractivity contribution is 7.09. The highest BCUT2D eigenvalue weighted by atomic mass is 32.1. The average molecular weight is 284 g/mol. The third-order valence-electron chi connectivity index (χ3n) is 3.21. The molecule has 0 saturated carbocycles. The molecule has 0 aliphatic carbocycles. The zero-order valence-electron chi connectivity index (χ0n) is 11.3. The Morgan fingerprint density at radius 1 is 1.05 bits per heavy atom. The van der Waals surface area contributed by atoms with E-state index in [0.29, 0.717) is 12.8 Å². The van der Waals surface area contributed by atoms with Crippen LogP contribution >= 0.6 is 11.3 Å². The zero-order valence-corrected chi connectivity index (χ0v) is 12.1. The molecule has 3 nitrogen and oxygen atoms in total. The van der Waals surface area contributed by atoms with Gasteiger partial charge >= 0.3 is 0 Å². The highest BCUT2D eigenvalue weighted by Gasteiger charge is 2.10. The predicted molar refractivity (Wildman–Crippen MR) is 82.0 cm³/mol. The number of benzene rings is 1. The molecular formula is C16H16N2OS. The Labute approximate surface area is 122 Å². The molecule has 0 saturated heterocycles. The number of fused-ring (bicyclic) bond motifs is 1. The molecule has 3 aromatic rings. The second-order valence-corrected chi connectivity index (χ2v) is 5.98. The SMILES string of the molecule is Cc1nc(CC(O)Cc2ccc3ccccc3n2)cs1. The predicted octanol–water partition coefficient (Wildman–Crippen LogP) is 3.15. The van der Waals surface area contributed by atoms with Crippen molar-refractivity contribution in [2.24, 2.45) is 0 Å². The lowest BCUT2D eigenvalue weighted by Crippen LogP contribution is -2.15. The molecule has 0 aliphatic rings. The zero-order chi connectivity index (χ0) is 13.9. The van der Waals surface area contributed by atoms with Crippen LogP contribution in [0.4, 0.5) is 0 Å². The summed E-state index contributed by atoms with van der Waals surface area (Å²) >= 11 is 1.62. The van der Waals surface area contributed by atoms with Crippen molar-refractivity contribution < 1.29 is 5.11 Å². The van der Waals surface area contributed by atoms with Crippen LogP contribution in [0.15, 0.2) is 41.8 Å². The molecule has 1 aromatic carbocycles. The van der Waals surface area contributed by atoms with Crippen LogP contribution in [0.2, 0.25) is 0 Å². The number of nitrogens with zero attached hydrogens (tertiary/aromatic N) is 2. The van der Waals surface area contributed by atoms with Gasteiger partial charge in [-0.25, -0.2) is 4.98 Å². The van der Waals surface area contributed by atoms with Crippen molar-refractivity contribution in [1.29, 1.82) is 0 Å². The molecule has 0 radical (unpaired) electrons. The molecule has 0 amide bonds. The van der Waals surface area contributed by atoms with Crippen LogP contribution in [0.25, 0.3) is 10.9 Å². The van der Waals surface area contributed by atoms with Gasteiger partial charge in [-0.3, -0.25) is 4.98 Å². The monoisotopic (exact) mass is 284 g/mol. The number of pyridine rings is 1. The van der Waals surface area contributed by atoms with Crippen LogP contribution in [-0.4, -0.2) is 21.2 Å². The summed E-state index contributed by atoms with van der Waals surface area (Å²) in [5.74, 6) is 0. The fourth-order valence-corrected chi connectivity index (χ4v) is 2.90. The van der Waals surface area contributed by atoms with E-state index >= 15 is 0 Å². The Balaban J connectivity index is 1.72. The van der Waals surface area contributed by atoms with Crippen molar-refractivity contribution in [2.75, 3.05) is 0 Å². The molecule has 2 heterocycles. The summed E-state index contributed by atoms with van der Waals surface area (Å²) in [7, 11) is 0. The van der Waals surface area contributed by atoms with Gasteiger partial charge in [0.2, 0.25) is 0 Å². The standard InChI is InChI=1S/C16H16N2OS/c1-11-17-14(10-20-11)9-15(19)8-13-7-6-12-4-2-3-5-16(12)18-13/h2-7,10,15,19H,8-9H2,1H3. The second-order valence-electron chi connectivity index (χ2n) is 4.92. The van der Waals surface area contributed by atoms with Gasteiger partial charge < -0.3 is 5.11 Å². The summed E-state index contributed by atoms with van der Waals surface area (Å²) in [4.78, 5) is 8.96. The van der Waals surface area contributed by atoms with E-state index in [1.54, 1.807) is 11.3 Å². The first-order valence-electron chi connectivity index (χ1n) is 6.64. The van der Waals surface area contributed by atoms with E-state index in [-0.39, 0.29) is 0 Å². The van der Waals surface area contributed by atoms with E-state index in [1.807, 2.05) is 42.6 Å². The first kappa shape index (κ1) is 13.2. The summed E-state index contributed by atoms with van der Waals surface area (Å²) in [6, 6.07) is 12.1. The number of rotatable bonds is 4. The Hall–Kier alpha value is -1.78. The van der Waals surface area contributed by atoms with Gasteiger partial charge in [0, 0.05) is 29.3 Å². The summed E-state index contributed by atoms with van der Waals surface area (Å²) in [6.45, 7) is 1.98. The van der Waals surface area contributed by atoms with E-state index in [9.17, 15) is 5.11 Å². The summed E-state index contributed by atoms with van der Waals surface area (Å²) in [6.07, 6.45) is 0.699. The van der Waals surface area contributed by atoms with Gasteiger partial charge in [-0.1, -0.05) is 24.3 Å². The fraction of sp³-hybridized carbons (Fsp3) is 0.250. The number of aryl methyl sites for hydroxylation is 1. The molecule has 102 valence electrons. The van der Waals surface area contributed by atoms with Gasteiger partial charge in [0.25, 0.3) is 0 Å². The maximum Gasteiger partial charge on any atom is 0.0897 e. The first-order valence-corrected chi connectivity index (χ1v) is 7.52. The highest BCUT2D eigenvalue weighted by Crippen LogP contribution is 2.15. The average Bonchev–Trinajstić information content (AvgIpc) is 2.83. The van der Waals surface area contributed by atoms with Gasteiger partial charge in [-0.15, -0.1) is 11.3 Å². The molecule has 0 spiro atoms. The van der Waals surface area contributed by atoms with Crippen molar-refractivity contribution in [1.82, 2.24) is 9.97 Å². The molecule has 2 aromatic heterocycles. The maximum atomic E-state index is 10.2. The summed E-state index contributed by atoms with van der Waals surface area (Å²) in [5.41, 5.74) is 2.85. The van der Waals surface area contributed by atoms with Crippen molar-refractivity contribution >= 4 is 22.2 Å². The lowest BCUT2D eigenvalue weighted by Gasteiger charge is -2.09. The second kappa shape index (κ2) is 5.69. The van der Waals surface area contributed by atoms with E-state index < -0.39 is 6.10 Å². The van der Waals surface area contributed by atoms with E-state index in [2.05, 4.69) is 16.0 Å². The largest absolute Gasteiger partial charge is 0.392 e. The number of aliphatic hydroxyl groups is 1. The summed E-state index contributed by atoms with van der Waals surface area (Å²) < 4.78 is 0. The fourth-order valence-electron chi connectivity index (χ4n) is 2.28. The summed E-state index contributed by atoms with van der Waals surface area (Å²) in [5, 5.41) is 14.3. The molecule has 0 fully saturated rings. The van der Waals surface area contributed by atoms with Gasteiger partial charge in [0.15, 0.2) is 0 Å². The number of aromatic nitrogens is 2. The van der Waals surface area contributed by atoms with Crippen LogP contribution in [0.1, 0.15) is 16.4 Å². The van der Waals surface area contributed by atoms with Gasteiger partial charge in [0.05, 0.1) is 22.3 Å².